The van der Waals surface area contributed by atoms with Crippen LogP contribution in [0.4, 0.5) is 0 Å². The molecule has 0 N–H and O–H groups in total. The summed E-state index contributed by atoms with van der Waals surface area (Å²) in [6.07, 6.45) is 1.65. The molecule has 0 unspecified atom stereocenters. The van der Waals surface area contributed by atoms with Gasteiger partial charge in [0.1, 0.15) is 5.69 Å². The van der Waals surface area contributed by atoms with Crippen molar-refractivity contribution in [3.8, 4) is 10.7 Å². The summed E-state index contributed by atoms with van der Waals surface area (Å²) in [6, 6.07) is 3.51. The summed E-state index contributed by atoms with van der Waals surface area (Å²) in [5.41, 5.74) is 0.619. The van der Waals surface area contributed by atoms with Crippen molar-refractivity contribution < 1.29 is 0 Å². The first-order chi connectivity index (χ1) is 6.27. The van der Waals surface area contributed by atoms with Gasteiger partial charge in [-0.2, -0.15) is 0 Å². The van der Waals surface area contributed by atoms with Crippen LogP contribution in [0.25, 0.3) is 10.7 Å². The van der Waals surface area contributed by atoms with Gasteiger partial charge in [0.15, 0.2) is 5.01 Å². The smallest absolute Gasteiger partial charge is 0.207 e. The lowest BCUT2D eigenvalue weighted by Crippen LogP contribution is -1.82. The SMILES string of the molecule is Clc1nnc(-c2ncccc2Cl)s1. The highest BCUT2D eigenvalue weighted by atomic mass is 35.5. The van der Waals surface area contributed by atoms with Gasteiger partial charge < -0.3 is 0 Å². The van der Waals surface area contributed by atoms with E-state index >= 15 is 0 Å². The molecule has 0 atom stereocenters. The molecule has 0 amide bonds. The van der Waals surface area contributed by atoms with Crippen LogP contribution in [0.2, 0.25) is 9.49 Å². The molecule has 0 bridgehead atoms. The number of pyridine rings is 1. The zero-order chi connectivity index (χ0) is 9.26. The van der Waals surface area contributed by atoms with Gasteiger partial charge in [0.25, 0.3) is 0 Å². The predicted molar refractivity (Wildman–Crippen MR) is 53.2 cm³/mol. The molecule has 0 aliphatic rings. The van der Waals surface area contributed by atoms with E-state index in [0.717, 1.165) is 0 Å². The van der Waals surface area contributed by atoms with Gasteiger partial charge in [0.2, 0.25) is 4.47 Å². The number of halogens is 2. The molecule has 3 nitrogen and oxygen atoms in total. The van der Waals surface area contributed by atoms with Crippen LogP contribution < -0.4 is 0 Å². The van der Waals surface area contributed by atoms with Crippen molar-refractivity contribution in [1.82, 2.24) is 15.2 Å². The number of rotatable bonds is 1. The van der Waals surface area contributed by atoms with E-state index in [1.165, 1.54) is 11.3 Å². The van der Waals surface area contributed by atoms with Crippen molar-refractivity contribution in [2.24, 2.45) is 0 Å². The van der Waals surface area contributed by atoms with Crippen LogP contribution in [0.5, 0.6) is 0 Å². The average molecular weight is 232 g/mol. The minimum atomic E-state index is 0.386. The normalized spacial score (nSPS) is 10.3. The summed E-state index contributed by atoms with van der Waals surface area (Å²) in [6.45, 7) is 0. The second-order valence-electron chi connectivity index (χ2n) is 2.19. The lowest BCUT2D eigenvalue weighted by molar-refractivity contribution is 1.09. The van der Waals surface area contributed by atoms with Gasteiger partial charge in [-0.25, -0.2) is 0 Å². The lowest BCUT2D eigenvalue weighted by Gasteiger charge is -1.95. The molecule has 2 rings (SSSR count). The van der Waals surface area contributed by atoms with Crippen LogP contribution in [0, 0.1) is 0 Å². The Morgan fingerprint density at radius 1 is 1.23 bits per heavy atom. The maximum Gasteiger partial charge on any atom is 0.207 e. The molecule has 66 valence electrons. The molecule has 0 spiro atoms. The quantitative estimate of drug-likeness (QED) is 0.758. The number of aromatic nitrogens is 3. The molecule has 13 heavy (non-hydrogen) atoms. The van der Waals surface area contributed by atoms with Crippen molar-refractivity contribution in [3.05, 3.63) is 27.8 Å². The summed E-state index contributed by atoms with van der Waals surface area (Å²) in [5.74, 6) is 0. The zero-order valence-electron chi connectivity index (χ0n) is 6.24. The summed E-state index contributed by atoms with van der Waals surface area (Å²) in [4.78, 5) is 4.08. The third-order valence-corrected chi connectivity index (χ3v) is 2.69. The van der Waals surface area contributed by atoms with Crippen LogP contribution in [0.3, 0.4) is 0 Å². The van der Waals surface area contributed by atoms with Crippen LogP contribution >= 0.6 is 34.5 Å². The molecule has 2 aromatic heterocycles. The first-order valence-electron chi connectivity index (χ1n) is 3.37. The second kappa shape index (κ2) is 3.57. The molecule has 0 aliphatic carbocycles. The van der Waals surface area contributed by atoms with Gasteiger partial charge in [-0.15, -0.1) is 10.2 Å². The first kappa shape index (κ1) is 8.87. The molecular formula is C7H3Cl2N3S. The van der Waals surface area contributed by atoms with E-state index in [9.17, 15) is 0 Å². The number of nitrogens with zero attached hydrogens (tertiary/aromatic N) is 3. The van der Waals surface area contributed by atoms with E-state index in [1.54, 1.807) is 18.3 Å². The molecule has 6 heteroatoms. The molecular weight excluding hydrogens is 229 g/mol. The molecule has 0 saturated carbocycles. The number of hydrogen-bond acceptors (Lipinski definition) is 4. The molecule has 2 aromatic rings. The molecule has 2 heterocycles. The van der Waals surface area contributed by atoms with Crippen LogP contribution in [0.15, 0.2) is 18.3 Å². The van der Waals surface area contributed by atoms with Gasteiger partial charge in [-0.05, 0) is 23.7 Å². The highest BCUT2D eigenvalue weighted by Crippen LogP contribution is 2.29. The molecule has 0 fully saturated rings. The average Bonchev–Trinajstić information content (AvgIpc) is 2.53. The Bertz CT molecular complexity index is 429. The maximum atomic E-state index is 5.90. The Morgan fingerprint density at radius 3 is 2.69 bits per heavy atom. The minimum Gasteiger partial charge on any atom is -0.252 e. The highest BCUT2D eigenvalue weighted by Gasteiger charge is 2.09. The summed E-state index contributed by atoms with van der Waals surface area (Å²) < 4.78 is 0.386. The summed E-state index contributed by atoms with van der Waals surface area (Å²) in [7, 11) is 0. The highest BCUT2D eigenvalue weighted by molar-refractivity contribution is 7.18. The fourth-order valence-electron chi connectivity index (χ4n) is 0.844. The standard InChI is InChI=1S/C7H3Cl2N3S/c8-4-2-1-3-10-5(4)6-11-12-7(9)13-6/h1-3H. The topological polar surface area (TPSA) is 38.7 Å². The predicted octanol–water partition coefficient (Wildman–Crippen LogP) is 2.91. The van der Waals surface area contributed by atoms with Gasteiger partial charge in [0.05, 0.1) is 5.02 Å². The molecule has 0 saturated heterocycles. The van der Waals surface area contributed by atoms with E-state index in [2.05, 4.69) is 15.2 Å². The Hall–Kier alpha value is -0.710. The Labute approximate surface area is 88.4 Å². The van der Waals surface area contributed by atoms with E-state index in [4.69, 9.17) is 23.2 Å². The van der Waals surface area contributed by atoms with Gasteiger partial charge in [0, 0.05) is 6.20 Å². The van der Waals surface area contributed by atoms with Crippen molar-refractivity contribution in [2.45, 2.75) is 0 Å². The third-order valence-electron chi connectivity index (χ3n) is 1.36. The maximum absolute atomic E-state index is 5.90. The van der Waals surface area contributed by atoms with Crippen LogP contribution in [-0.4, -0.2) is 15.2 Å². The Balaban J connectivity index is 2.52. The fraction of sp³-hybridized carbons (Fsp3) is 0. The minimum absolute atomic E-state index is 0.386. The summed E-state index contributed by atoms with van der Waals surface area (Å²) in [5, 5.41) is 8.69. The van der Waals surface area contributed by atoms with Crippen molar-refractivity contribution in [1.29, 1.82) is 0 Å². The third kappa shape index (κ3) is 1.80. The van der Waals surface area contributed by atoms with E-state index in [1.807, 2.05) is 0 Å². The zero-order valence-corrected chi connectivity index (χ0v) is 8.57. The van der Waals surface area contributed by atoms with E-state index in [0.29, 0.717) is 20.2 Å². The number of hydrogen-bond donors (Lipinski definition) is 0. The Kier molecular flexibility index (Phi) is 2.44. The lowest BCUT2D eigenvalue weighted by atomic mass is 10.4. The van der Waals surface area contributed by atoms with Crippen molar-refractivity contribution >= 4 is 34.5 Å². The largest absolute Gasteiger partial charge is 0.252 e. The van der Waals surface area contributed by atoms with Crippen molar-refractivity contribution in [2.75, 3.05) is 0 Å². The molecule has 0 aliphatic heterocycles. The fourth-order valence-corrected chi connectivity index (χ4v) is 1.95. The van der Waals surface area contributed by atoms with Crippen LogP contribution in [0.1, 0.15) is 0 Å². The first-order valence-corrected chi connectivity index (χ1v) is 4.94. The van der Waals surface area contributed by atoms with E-state index in [-0.39, 0.29) is 0 Å². The second-order valence-corrected chi connectivity index (χ2v) is 4.16. The Morgan fingerprint density at radius 2 is 2.08 bits per heavy atom. The molecule has 0 radical (unpaired) electrons. The molecule has 0 aromatic carbocycles. The van der Waals surface area contributed by atoms with Crippen LogP contribution in [-0.2, 0) is 0 Å². The van der Waals surface area contributed by atoms with Gasteiger partial charge in [-0.3, -0.25) is 4.98 Å². The monoisotopic (exact) mass is 231 g/mol. The van der Waals surface area contributed by atoms with Gasteiger partial charge in [-0.1, -0.05) is 22.9 Å². The van der Waals surface area contributed by atoms with Crippen molar-refractivity contribution in [3.63, 3.8) is 0 Å². The van der Waals surface area contributed by atoms with Gasteiger partial charge >= 0.3 is 0 Å². The van der Waals surface area contributed by atoms with E-state index < -0.39 is 0 Å². The summed E-state index contributed by atoms with van der Waals surface area (Å²) >= 11 is 12.8.